The summed E-state index contributed by atoms with van der Waals surface area (Å²) < 4.78 is 66.7. The van der Waals surface area contributed by atoms with Crippen LogP contribution in [0.25, 0.3) is 0 Å². The van der Waals surface area contributed by atoms with E-state index >= 15 is 0 Å². The minimum absolute atomic E-state index is 0.0560. The van der Waals surface area contributed by atoms with Crippen LogP contribution in [0.5, 0.6) is 23.0 Å². The van der Waals surface area contributed by atoms with Gasteiger partial charge in [0, 0.05) is 18.3 Å². The molecular weight excluding hydrogens is 889 g/mol. The van der Waals surface area contributed by atoms with Crippen LogP contribution in [0.15, 0.2) is 97.1 Å². The molecule has 0 saturated carbocycles. The number of ether oxygens (including phenoxy) is 11. The van der Waals surface area contributed by atoms with Gasteiger partial charge in [-0.2, -0.15) is 0 Å². The average molecular weight is 969 g/mol. The van der Waals surface area contributed by atoms with Gasteiger partial charge in [0.2, 0.25) is 0 Å². The fourth-order valence-electron chi connectivity index (χ4n) is 8.79. The highest BCUT2D eigenvalue weighted by Crippen LogP contribution is 2.49. The molecule has 1 N–H and O–H groups in total. The standard InChI is InChI=1S/C58H80O12/c1-10-55(6,67-31-42-13-23-49(24-14-42)62-37-52-39-64-52)29-46(59)35-60-47-21-17-44(18-22-47)33-69-57(8,11-2)54(4,5)58(9,12-3)70-34-45-19-27-48(28-20-45)61-36-51-30-56(7,41-66-51)68-32-43-15-25-50(26-16-43)63-38-53-40-65-53/h13-28,46,51-53,59H,10-12,29-41H2,1-9H3. The van der Waals surface area contributed by atoms with Gasteiger partial charge in [0.25, 0.3) is 0 Å². The van der Waals surface area contributed by atoms with Gasteiger partial charge in [0.05, 0.1) is 80.9 Å². The fourth-order valence-corrected chi connectivity index (χ4v) is 8.79. The largest absolute Gasteiger partial charge is 0.491 e. The van der Waals surface area contributed by atoms with E-state index in [1.165, 1.54) is 0 Å². The zero-order chi connectivity index (χ0) is 49.8. The van der Waals surface area contributed by atoms with Gasteiger partial charge in [-0.25, -0.2) is 0 Å². The van der Waals surface area contributed by atoms with Crippen LogP contribution in [0.3, 0.4) is 0 Å². The van der Waals surface area contributed by atoms with Crippen LogP contribution >= 0.6 is 0 Å². The van der Waals surface area contributed by atoms with Crippen LogP contribution < -0.4 is 18.9 Å². The first-order valence-electron chi connectivity index (χ1n) is 25.5. The quantitative estimate of drug-likeness (QED) is 0.0482. The number of rotatable bonds is 31. The van der Waals surface area contributed by atoms with E-state index in [1.807, 2.05) is 91.9 Å². The summed E-state index contributed by atoms with van der Waals surface area (Å²) in [4.78, 5) is 0. The molecule has 7 rings (SSSR count). The Hall–Kier alpha value is -4.24. The van der Waals surface area contributed by atoms with E-state index in [0.717, 1.165) is 78.4 Å². The lowest BCUT2D eigenvalue weighted by Gasteiger charge is -2.53. The Balaban J connectivity index is 0.811. The van der Waals surface area contributed by atoms with E-state index in [2.05, 4.69) is 67.5 Å². The molecule has 0 spiro atoms. The number of aliphatic hydroxyl groups excluding tert-OH is 1. The Kier molecular flexibility index (Phi) is 18.4. The molecule has 12 nitrogen and oxygen atoms in total. The summed E-state index contributed by atoms with van der Waals surface area (Å²) >= 11 is 0. The molecular formula is C58H80O12. The molecule has 0 radical (unpaired) electrons. The molecule has 70 heavy (non-hydrogen) atoms. The number of epoxide rings is 2. The van der Waals surface area contributed by atoms with E-state index in [1.54, 1.807) is 0 Å². The molecule has 4 aromatic carbocycles. The van der Waals surface area contributed by atoms with Crippen molar-refractivity contribution in [2.24, 2.45) is 5.41 Å². The first-order valence-corrected chi connectivity index (χ1v) is 25.5. The lowest BCUT2D eigenvalue weighted by Crippen LogP contribution is -2.58. The van der Waals surface area contributed by atoms with E-state index < -0.39 is 22.9 Å². The van der Waals surface area contributed by atoms with Crippen molar-refractivity contribution in [1.29, 1.82) is 0 Å². The molecule has 0 aliphatic carbocycles. The Morgan fingerprint density at radius 1 is 0.529 bits per heavy atom. The topological polar surface area (TPSA) is 128 Å². The zero-order valence-electron chi connectivity index (χ0n) is 43.3. The summed E-state index contributed by atoms with van der Waals surface area (Å²) in [7, 11) is 0. The summed E-state index contributed by atoms with van der Waals surface area (Å²) in [5, 5.41) is 11.0. The number of benzene rings is 4. The second-order valence-electron chi connectivity index (χ2n) is 20.9. The minimum atomic E-state index is -0.693. The summed E-state index contributed by atoms with van der Waals surface area (Å²) in [5.74, 6) is 3.15. The average Bonchev–Trinajstić information content (AvgIpc) is 4.33. The third-order valence-corrected chi connectivity index (χ3v) is 15.2. The Labute approximate surface area is 417 Å². The zero-order valence-corrected chi connectivity index (χ0v) is 43.3. The predicted octanol–water partition coefficient (Wildman–Crippen LogP) is 11.0. The van der Waals surface area contributed by atoms with Crippen molar-refractivity contribution in [1.82, 2.24) is 0 Å². The first-order chi connectivity index (χ1) is 33.5. The van der Waals surface area contributed by atoms with Gasteiger partial charge in [0.1, 0.15) is 61.6 Å². The van der Waals surface area contributed by atoms with Crippen LogP contribution in [0.4, 0.5) is 0 Å². The van der Waals surface area contributed by atoms with Gasteiger partial charge >= 0.3 is 0 Å². The van der Waals surface area contributed by atoms with Gasteiger partial charge in [-0.3, -0.25) is 0 Å². The smallest absolute Gasteiger partial charge is 0.119 e. The maximum absolute atomic E-state index is 11.0. The Morgan fingerprint density at radius 2 is 0.914 bits per heavy atom. The van der Waals surface area contributed by atoms with Crippen LogP contribution in [-0.4, -0.2) is 98.2 Å². The van der Waals surface area contributed by atoms with Crippen LogP contribution in [0, 0.1) is 5.41 Å². The van der Waals surface area contributed by atoms with Crippen LogP contribution in [0.2, 0.25) is 0 Å². The highest BCUT2D eigenvalue weighted by Gasteiger charge is 2.53. The highest BCUT2D eigenvalue weighted by atomic mass is 16.6. The second kappa shape index (κ2) is 24.0. The highest BCUT2D eigenvalue weighted by molar-refractivity contribution is 5.30. The SMILES string of the molecule is CCC(C)(CC(O)COc1ccc(COC(C)(CC)C(C)(C)C(C)(CC)OCc2ccc(OCC3CC(C)(OCc4ccc(OCC5CO5)cc4)CO3)cc2)cc1)OCc1ccc(OCC2CO2)cc1. The molecule has 3 aliphatic rings. The number of hydrogen-bond donors (Lipinski definition) is 1. The van der Waals surface area contributed by atoms with Crippen molar-refractivity contribution in [2.45, 2.75) is 168 Å². The molecule has 3 heterocycles. The maximum Gasteiger partial charge on any atom is 0.119 e. The molecule has 0 aromatic heterocycles. The van der Waals surface area contributed by atoms with E-state index in [9.17, 15) is 5.11 Å². The van der Waals surface area contributed by atoms with Gasteiger partial charge in [0.15, 0.2) is 0 Å². The second-order valence-corrected chi connectivity index (χ2v) is 20.9. The van der Waals surface area contributed by atoms with Crippen molar-refractivity contribution in [3.63, 3.8) is 0 Å². The normalized spacial score (nSPS) is 22.9. The minimum Gasteiger partial charge on any atom is -0.491 e. The van der Waals surface area contributed by atoms with Crippen molar-refractivity contribution < 1.29 is 57.2 Å². The summed E-state index contributed by atoms with van der Waals surface area (Å²) in [6, 6.07) is 32.1. The van der Waals surface area contributed by atoms with Gasteiger partial charge in [-0.05, 0) is 118 Å². The van der Waals surface area contributed by atoms with Crippen LogP contribution in [0.1, 0.15) is 117 Å². The van der Waals surface area contributed by atoms with Gasteiger partial charge in [-0.15, -0.1) is 0 Å². The number of hydrogen-bond acceptors (Lipinski definition) is 12. The van der Waals surface area contributed by atoms with E-state index in [-0.39, 0.29) is 35.9 Å². The Bertz CT molecular complexity index is 2170. The molecule has 8 atom stereocenters. The summed E-state index contributed by atoms with van der Waals surface area (Å²) in [5.41, 5.74) is 2.01. The van der Waals surface area contributed by atoms with Crippen molar-refractivity contribution >= 4 is 0 Å². The summed E-state index contributed by atoms with van der Waals surface area (Å²) in [6.45, 7) is 25.2. The predicted molar refractivity (Wildman–Crippen MR) is 270 cm³/mol. The van der Waals surface area contributed by atoms with Crippen molar-refractivity contribution in [3.05, 3.63) is 119 Å². The molecule has 3 aliphatic heterocycles. The third-order valence-electron chi connectivity index (χ3n) is 15.2. The monoisotopic (exact) mass is 969 g/mol. The lowest BCUT2D eigenvalue weighted by molar-refractivity contribution is -0.221. The molecule has 384 valence electrons. The van der Waals surface area contributed by atoms with Gasteiger partial charge < -0.3 is 57.2 Å². The summed E-state index contributed by atoms with van der Waals surface area (Å²) in [6.07, 6.45) is 3.28. The van der Waals surface area contributed by atoms with Crippen molar-refractivity contribution in [3.8, 4) is 23.0 Å². The molecule has 0 bridgehead atoms. The maximum atomic E-state index is 11.0. The fraction of sp³-hybridized carbons (Fsp3) is 0.586. The van der Waals surface area contributed by atoms with E-state index in [4.69, 9.17) is 52.1 Å². The molecule has 0 amide bonds. The molecule has 12 heteroatoms. The first kappa shape index (κ1) is 53.6. The van der Waals surface area contributed by atoms with E-state index in [0.29, 0.717) is 65.0 Å². The van der Waals surface area contributed by atoms with Crippen LogP contribution in [-0.2, 0) is 59.6 Å². The molecule has 8 unspecified atom stereocenters. The number of aliphatic hydroxyl groups is 1. The Morgan fingerprint density at radius 3 is 1.31 bits per heavy atom. The molecule has 3 saturated heterocycles. The molecule has 3 fully saturated rings. The van der Waals surface area contributed by atoms with Crippen molar-refractivity contribution in [2.75, 3.05) is 46.2 Å². The molecule has 4 aromatic rings. The third kappa shape index (κ3) is 15.1. The lowest BCUT2D eigenvalue weighted by atomic mass is 9.62. The van der Waals surface area contributed by atoms with Gasteiger partial charge in [-0.1, -0.05) is 83.1 Å².